The van der Waals surface area contributed by atoms with Crippen LogP contribution in [0.15, 0.2) is 12.4 Å². The Hall–Kier alpha value is -1.37. The quantitative estimate of drug-likeness (QED) is 0.683. The molecule has 0 amide bonds. The van der Waals surface area contributed by atoms with Crippen molar-refractivity contribution in [2.45, 2.75) is 0 Å². The van der Waals surface area contributed by atoms with E-state index in [1.807, 2.05) is 4.90 Å². The molecule has 1 aliphatic rings. The second-order valence-electron chi connectivity index (χ2n) is 3.44. The molecule has 6 nitrogen and oxygen atoms in total. The van der Waals surface area contributed by atoms with Crippen LogP contribution in [-0.4, -0.2) is 43.0 Å². The third kappa shape index (κ3) is 2.35. The average Bonchev–Trinajstić information content (AvgIpc) is 2.17. The van der Waals surface area contributed by atoms with Crippen molar-refractivity contribution in [1.82, 2.24) is 9.97 Å². The summed E-state index contributed by atoms with van der Waals surface area (Å²) in [5, 5.41) is 0. The highest BCUT2D eigenvalue weighted by Gasteiger charge is 2.22. The van der Waals surface area contributed by atoms with Gasteiger partial charge in [-0.15, -0.1) is 0 Å². The lowest BCUT2D eigenvalue weighted by Crippen LogP contribution is -2.40. The highest BCUT2D eigenvalue weighted by atomic mass is 32.2. The molecule has 0 atom stereocenters. The lowest BCUT2D eigenvalue weighted by molar-refractivity contribution is 0.586. The van der Waals surface area contributed by atoms with Crippen LogP contribution in [0.2, 0.25) is 0 Å². The molecule has 0 saturated carbocycles. The van der Waals surface area contributed by atoms with Crippen molar-refractivity contribution >= 4 is 21.5 Å². The second-order valence-corrected chi connectivity index (χ2v) is 5.74. The number of nitrogens with two attached hydrogens (primary N) is 1. The summed E-state index contributed by atoms with van der Waals surface area (Å²) in [6, 6.07) is 1.65. The molecular weight excluding hydrogens is 216 g/mol. The van der Waals surface area contributed by atoms with Gasteiger partial charge in [-0.1, -0.05) is 0 Å². The molecule has 2 heterocycles. The summed E-state index contributed by atoms with van der Waals surface area (Å²) >= 11 is 0. The van der Waals surface area contributed by atoms with Crippen LogP contribution in [0.4, 0.5) is 11.6 Å². The van der Waals surface area contributed by atoms with E-state index in [9.17, 15) is 8.42 Å². The summed E-state index contributed by atoms with van der Waals surface area (Å²) in [6.07, 6.45) is 1.38. The predicted octanol–water partition coefficient (Wildman–Crippen LogP) is -0.706. The van der Waals surface area contributed by atoms with Crippen LogP contribution in [0.1, 0.15) is 0 Å². The van der Waals surface area contributed by atoms with Crippen molar-refractivity contribution in [2.24, 2.45) is 0 Å². The fraction of sp³-hybridized carbons (Fsp3) is 0.500. The van der Waals surface area contributed by atoms with E-state index in [0.29, 0.717) is 24.7 Å². The Labute approximate surface area is 88.0 Å². The lowest BCUT2D eigenvalue weighted by Gasteiger charge is -2.27. The van der Waals surface area contributed by atoms with Crippen LogP contribution in [0.25, 0.3) is 0 Å². The maximum atomic E-state index is 11.2. The first-order valence-corrected chi connectivity index (χ1v) is 6.42. The van der Waals surface area contributed by atoms with Crippen LogP contribution >= 0.6 is 0 Å². The van der Waals surface area contributed by atoms with E-state index in [4.69, 9.17) is 5.73 Å². The largest absolute Gasteiger partial charge is 0.384 e. The van der Waals surface area contributed by atoms with E-state index in [0.717, 1.165) is 0 Å². The average molecular weight is 228 g/mol. The number of sulfone groups is 1. The van der Waals surface area contributed by atoms with Gasteiger partial charge in [0.05, 0.1) is 11.5 Å². The third-order valence-electron chi connectivity index (χ3n) is 2.34. The van der Waals surface area contributed by atoms with E-state index < -0.39 is 9.84 Å². The van der Waals surface area contributed by atoms with Crippen LogP contribution in [0, 0.1) is 0 Å². The summed E-state index contributed by atoms with van der Waals surface area (Å²) in [4.78, 5) is 9.74. The normalized spacial score (nSPS) is 20.1. The van der Waals surface area contributed by atoms with Crippen molar-refractivity contribution in [2.75, 3.05) is 35.2 Å². The van der Waals surface area contributed by atoms with Gasteiger partial charge in [0.1, 0.15) is 18.0 Å². The predicted molar refractivity (Wildman–Crippen MR) is 57.3 cm³/mol. The molecule has 0 aliphatic carbocycles. The van der Waals surface area contributed by atoms with Gasteiger partial charge < -0.3 is 10.6 Å². The molecule has 0 radical (unpaired) electrons. The molecule has 1 saturated heterocycles. The van der Waals surface area contributed by atoms with Gasteiger partial charge >= 0.3 is 0 Å². The Morgan fingerprint density at radius 1 is 1.27 bits per heavy atom. The first kappa shape index (κ1) is 10.2. The zero-order chi connectivity index (χ0) is 10.9. The fourth-order valence-corrected chi connectivity index (χ4v) is 2.68. The summed E-state index contributed by atoms with van der Waals surface area (Å²) in [5.74, 6) is 1.44. The summed E-state index contributed by atoms with van der Waals surface area (Å²) in [7, 11) is -2.85. The number of nitrogens with zero attached hydrogens (tertiary/aromatic N) is 3. The third-order valence-corrected chi connectivity index (χ3v) is 3.95. The summed E-state index contributed by atoms with van der Waals surface area (Å²) < 4.78 is 22.4. The number of hydrogen-bond donors (Lipinski definition) is 1. The smallest absolute Gasteiger partial charge is 0.153 e. The maximum Gasteiger partial charge on any atom is 0.153 e. The molecule has 1 aliphatic heterocycles. The minimum atomic E-state index is -2.85. The van der Waals surface area contributed by atoms with Gasteiger partial charge in [0.15, 0.2) is 9.84 Å². The highest BCUT2D eigenvalue weighted by molar-refractivity contribution is 7.91. The Balaban J connectivity index is 2.14. The molecule has 0 bridgehead atoms. The maximum absolute atomic E-state index is 11.2. The minimum Gasteiger partial charge on any atom is -0.384 e. The Morgan fingerprint density at radius 3 is 2.53 bits per heavy atom. The van der Waals surface area contributed by atoms with E-state index in [-0.39, 0.29) is 11.5 Å². The van der Waals surface area contributed by atoms with Crippen LogP contribution in [0.5, 0.6) is 0 Å². The van der Waals surface area contributed by atoms with Crippen LogP contribution < -0.4 is 10.6 Å². The van der Waals surface area contributed by atoms with Gasteiger partial charge in [-0.3, -0.25) is 0 Å². The Kier molecular flexibility index (Phi) is 2.47. The van der Waals surface area contributed by atoms with Gasteiger partial charge in [-0.05, 0) is 0 Å². The van der Waals surface area contributed by atoms with Crippen molar-refractivity contribution < 1.29 is 8.42 Å². The van der Waals surface area contributed by atoms with Crippen LogP contribution in [0.3, 0.4) is 0 Å². The number of rotatable bonds is 1. The molecule has 2 N–H and O–H groups in total. The molecular formula is C8H12N4O2S. The molecule has 1 aromatic rings. The van der Waals surface area contributed by atoms with Gasteiger partial charge in [0, 0.05) is 19.2 Å². The van der Waals surface area contributed by atoms with E-state index >= 15 is 0 Å². The first-order chi connectivity index (χ1) is 7.07. The van der Waals surface area contributed by atoms with Crippen molar-refractivity contribution in [3.05, 3.63) is 12.4 Å². The van der Waals surface area contributed by atoms with Gasteiger partial charge in [0.25, 0.3) is 0 Å². The molecule has 0 aromatic carbocycles. The SMILES string of the molecule is Nc1cc(N2CCS(=O)(=O)CC2)ncn1. The fourth-order valence-electron chi connectivity index (χ4n) is 1.48. The summed E-state index contributed by atoms with van der Waals surface area (Å²) in [6.45, 7) is 0.942. The molecule has 2 rings (SSSR count). The molecule has 1 aromatic heterocycles. The second kappa shape index (κ2) is 3.65. The summed E-state index contributed by atoms with van der Waals surface area (Å²) in [5.41, 5.74) is 5.52. The molecule has 0 unspecified atom stereocenters. The molecule has 1 fully saturated rings. The Morgan fingerprint density at radius 2 is 1.93 bits per heavy atom. The lowest BCUT2D eigenvalue weighted by atomic mass is 10.4. The molecule has 7 heteroatoms. The zero-order valence-electron chi connectivity index (χ0n) is 8.13. The number of nitrogen functional groups attached to an aromatic ring is 1. The van der Waals surface area contributed by atoms with Gasteiger partial charge in [-0.25, -0.2) is 18.4 Å². The standard InChI is InChI=1S/C8H12N4O2S/c9-7-5-8(11-6-10-7)12-1-3-15(13,14)4-2-12/h5-6H,1-4H2,(H2,9,10,11). The van der Waals surface area contributed by atoms with E-state index in [2.05, 4.69) is 9.97 Å². The first-order valence-electron chi connectivity index (χ1n) is 4.60. The van der Waals surface area contributed by atoms with Crippen molar-refractivity contribution in [3.63, 3.8) is 0 Å². The molecule has 82 valence electrons. The number of hydrogen-bond acceptors (Lipinski definition) is 6. The van der Waals surface area contributed by atoms with Crippen LogP contribution in [-0.2, 0) is 9.84 Å². The topological polar surface area (TPSA) is 89.2 Å². The van der Waals surface area contributed by atoms with Crippen molar-refractivity contribution in [3.8, 4) is 0 Å². The van der Waals surface area contributed by atoms with E-state index in [1.165, 1.54) is 6.33 Å². The monoisotopic (exact) mass is 228 g/mol. The minimum absolute atomic E-state index is 0.177. The molecule has 15 heavy (non-hydrogen) atoms. The van der Waals surface area contributed by atoms with Gasteiger partial charge in [0.2, 0.25) is 0 Å². The number of aromatic nitrogens is 2. The zero-order valence-corrected chi connectivity index (χ0v) is 8.94. The number of anilines is 2. The van der Waals surface area contributed by atoms with Crippen molar-refractivity contribution in [1.29, 1.82) is 0 Å². The Bertz CT molecular complexity index is 445. The van der Waals surface area contributed by atoms with Gasteiger partial charge in [-0.2, -0.15) is 0 Å². The highest BCUT2D eigenvalue weighted by Crippen LogP contribution is 2.15. The van der Waals surface area contributed by atoms with E-state index in [1.54, 1.807) is 6.07 Å². The molecule has 0 spiro atoms.